The zero-order valence-corrected chi connectivity index (χ0v) is 14.6. The van der Waals surface area contributed by atoms with E-state index in [4.69, 9.17) is 4.74 Å². The normalized spacial score (nSPS) is 11.4. The third-order valence-corrected chi connectivity index (χ3v) is 4.45. The molecule has 0 aliphatic rings. The molecule has 0 aliphatic heterocycles. The molecule has 0 amide bonds. The van der Waals surface area contributed by atoms with Crippen molar-refractivity contribution in [3.05, 3.63) is 71.3 Å². The Bertz CT molecular complexity index is 1400. The molecule has 0 spiro atoms. The Labute approximate surface area is 156 Å². The number of imidazole rings is 2. The minimum atomic E-state index is -0.369. The maximum Gasteiger partial charge on any atom is 0.332 e. The van der Waals surface area contributed by atoms with Gasteiger partial charge in [0.05, 0.1) is 30.0 Å². The first-order valence-corrected chi connectivity index (χ1v) is 8.39. The monoisotopic (exact) mass is 376 g/mol. The van der Waals surface area contributed by atoms with Crippen LogP contribution in [0.5, 0.6) is 5.75 Å². The van der Waals surface area contributed by atoms with Crippen molar-refractivity contribution in [3.8, 4) is 17.4 Å². The molecule has 138 valence electrons. The summed E-state index contributed by atoms with van der Waals surface area (Å²) in [7, 11) is 1.56. The molecule has 9 heteroatoms. The molecule has 5 rings (SSSR count). The van der Waals surface area contributed by atoms with E-state index in [1.54, 1.807) is 42.0 Å². The van der Waals surface area contributed by atoms with E-state index in [-0.39, 0.29) is 11.5 Å². The van der Waals surface area contributed by atoms with Crippen molar-refractivity contribution in [2.24, 2.45) is 0 Å². The summed E-state index contributed by atoms with van der Waals surface area (Å²) in [5, 5.41) is 0. The number of nitrogens with zero attached hydrogens (tertiary/aromatic N) is 5. The van der Waals surface area contributed by atoms with Gasteiger partial charge in [0.1, 0.15) is 23.4 Å². The molecule has 0 saturated carbocycles. The second-order valence-corrected chi connectivity index (χ2v) is 6.12. The van der Waals surface area contributed by atoms with E-state index in [9.17, 15) is 9.18 Å². The fourth-order valence-electron chi connectivity index (χ4n) is 3.14. The van der Waals surface area contributed by atoms with E-state index >= 15 is 0 Å². The Morgan fingerprint density at radius 3 is 2.89 bits per heavy atom. The Hall–Kier alpha value is -4.01. The Balaban J connectivity index is 1.73. The second-order valence-electron chi connectivity index (χ2n) is 6.12. The van der Waals surface area contributed by atoms with Crippen molar-refractivity contribution < 1.29 is 9.13 Å². The van der Waals surface area contributed by atoms with E-state index in [1.165, 1.54) is 29.2 Å². The molecule has 0 fully saturated rings. The van der Waals surface area contributed by atoms with Gasteiger partial charge in [-0.05, 0) is 24.3 Å². The van der Waals surface area contributed by atoms with Crippen LogP contribution in [0.2, 0.25) is 0 Å². The maximum absolute atomic E-state index is 13.4. The Morgan fingerprint density at radius 2 is 2.04 bits per heavy atom. The van der Waals surface area contributed by atoms with Crippen molar-refractivity contribution in [2.75, 3.05) is 7.11 Å². The summed E-state index contributed by atoms with van der Waals surface area (Å²) in [5.74, 6) is 0.569. The third kappa shape index (κ3) is 2.44. The number of aromatic nitrogens is 6. The molecule has 1 N–H and O–H groups in total. The number of halogens is 1. The molecule has 3 aromatic heterocycles. The van der Waals surface area contributed by atoms with Crippen molar-refractivity contribution in [3.63, 3.8) is 0 Å². The van der Waals surface area contributed by atoms with Gasteiger partial charge in [-0.2, -0.15) is 4.98 Å². The summed E-state index contributed by atoms with van der Waals surface area (Å²) >= 11 is 0. The molecule has 3 heterocycles. The van der Waals surface area contributed by atoms with Gasteiger partial charge >= 0.3 is 5.69 Å². The molecule has 28 heavy (non-hydrogen) atoms. The summed E-state index contributed by atoms with van der Waals surface area (Å²) in [6.45, 7) is 0. The smallest absolute Gasteiger partial charge is 0.332 e. The van der Waals surface area contributed by atoms with Gasteiger partial charge in [-0.25, -0.2) is 23.7 Å². The van der Waals surface area contributed by atoms with E-state index in [1.807, 2.05) is 0 Å². The highest BCUT2D eigenvalue weighted by atomic mass is 19.1. The molecule has 0 unspecified atom stereocenters. The van der Waals surface area contributed by atoms with E-state index in [2.05, 4.69) is 19.9 Å². The van der Waals surface area contributed by atoms with E-state index in [0.717, 1.165) is 0 Å². The summed E-state index contributed by atoms with van der Waals surface area (Å²) in [6, 6.07) is 11.4. The van der Waals surface area contributed by atoms with Crippen LogP contribution in [0, 0.1) is 5.82 Å². The largest absolute Gasteiger partial charge is 0.497 e. The number of H-pyrrole nitrogens is 1. The van der Waals surface area contributed by atoms with Gasteiger partial charge in [0.25, 0.3) is 0 Å². The van der Waals surface area contributed by atoms with Crippen LogP contribution in [0.3, 0.4) is 0 Å². The maximum atomic E-state index is 13.4. The zero-order chi connectivity index (χ0) is 19.3. The van der Waals surface area contributed by atoms with Gasteiger partial charge in [-0.1, -0.05) is 6.07 Å². The lowest BCUT2D eigenvalue weighted by Gasteiger charge is -2.06. The first-order valence-electron chi connectivity index (χ1n) is 8.39. The lowest BCUT2D eigenvalue weighted by Crippen LogP contribution is -2.15. The van der Waals surface area contributed by atoms with Crippen LogP contribution in [-0.4, -0.2) is 36.2 Å². The minimum Gasteiger partial charge on any atom is -0.497 e. The molecular formula is C19H13FN6O2. The lowest BCUT2D eigenvalue weighted by molar-refractivity contribution is 0.414. The Kier molecular flexibility index (Phi) is 3.48. The minimum absolute atomic E-state index is 0.317. The number of fused-ring (bicyclic) bond motifs is 2. The number of ether oxygens (including phenoxy) is 1. The number of hydrogen-bond donors (Lipinski definition) is 1. The van der Waals surface area contributed by atoms with Gasteiger partial charge < -0.3 is 9.72 Å². The van der Waals surface area contributed by atoms with Crippen molar-refractivity contribution in [1.29, 1.82) is 0 Å². The van der Waals surface area contributed by atoms with Crippen LogP contribution >= 0.6 is 0 Å². The fourth-order valence-corrected chi connectivity index (χ4v) is 3.14. The number of aromatic amines is 1. The average Bonchev–Trinajstić information content (AvgIpc) is 3.27. The van der Waals surface area contributed by atoms with Crippen LogP contribution < -0.4 is 10.4 Å². The SMILES string of the molecule is COc1cccc(-n2c(=O)[nH]c3cnc(-n4cnc5cc(F)ccc54)nc32)c1. The van der Waals surface area contributed by atoms with E-state index < -0.39 is 0 Å². The average molecular weight is 376 g/mol. The van der Waals surface area contributed by atoms with Crippen LogP contribution in [0.25, 0.3) is 33.8 Å². The van der Waals surface area contributed by atoms with Gasteiger partial charge in [0, 0.05) is 12.1 Å². The van der Waals surface area contributed by atoms with Crippen LogP contribution in [0.15, 0.2) is 59.8 Å². The lowest BCUT2D eigenvalue weighted by atomic mass is 10.3. The van der Waals surface area contributed by atoms with Crippen molar-refractivity contribution >= 4 is 22.2 Å². The number of nitrogens with one attached hydrogen (secondary N) is 1. The molecule has 2 aromatic carbocycles. The molecule has 8 nitrogen and oxygen atoms in total. The van der Waals surface area contributed by atoms with Crippen LogP contribution in [0.1, 0.15) is 0 Å². The highest BCUT2D eigenvalue weighted by Gasteiger charge is 2.14. The van der Waals surface area contributed by atoms with Gasteiger partial charge in [-0.15, -0.1) is 0 Å². The van der Waals surface area contributed by atoms with Gasteiger partial charge in [0.2, 0.25) is 5.95 Å². The highest BCUT2D eigenvalue weighted by molar-refractivity contribution is 5.78. The standard InChI is InChI=1S/C19H13FN6O2/c1-28-13-4-2-3-12(8-13)26-17-15(23-19(26)27)9-21-18(24-17)25-10-22-14-7-11(20)5-6-16(14)25/h2-10H,1H3,(H,23,27). The number of methoxy groups -OCH3 is 1. The number of hydrogen-bond acceptors (Lipinski definition) is 5. The Morgan fingerprint density at radius 1 is 1.14 bits per heavy atom. The molecule has 0 radical (unpaired) electrons. The molecule has 0 saturated heterocycles. The molecule has 0 aliphatic carbocycles. The number of benzene rings is 2. The van der Waals surface area contributed by atoms with Crippen molar-refractivity contribution in [2.45, 2.75) is 0 Å². The topological polar surface area (TPSA) is 90.6 Å². The first kappa shape index (κ1) is 16.2. The quantitative estimate of drug-likeness (QED) is 0.523. The molecule has 0 bridgehead atoms. The summed E-state index contributed by atoms with van der Waals surface area (Å²) in [5.41, 5.74) is 2.32. The van der Waals surface area contributed by atoms with Gasteiger partial charge in [-0.3, -0.25) is 4.57 Å². The van der Waals surface area contributed by atoms with E-state index in [0.29, 0.717) is 39.6 Å². The highest BCUT2D eigenvalue weighted by Crippen LogP contribution is 2.21. The first-order chi connectivity index (χ1) is 13.6. The van der Waals surface area contributed by atoms with Crippen LogP contribution in [0.4, 0.5) is 4.39 Å². The number of rotatable bonds is 3. The summed E-state index contributed by atoms with van der Waals surface area (Å²) in [4.78, 5) is 28.3. The van der Waals surface area contributed by atoms with Crippen molar-refractivity contribution in [1.82, 2.24) is 29.1 Å². The molecule has 0 atom stereocenters. The second kappa shape index (κ2) is 6.02. The third-order valence-electron chi connectivity index (χ3n) is 4.45. The summed E-state index contributed by atoms with van der Waals surface area (Å²) in [6.07, 6.45) is 3.05. The predicted octanol–water partition coefficient (Wildman–Crippen LogP) is 2.60. The summed E-state index contributed by atoms with van der Waals surface area (Å²) < 4.78 is 21.8. The van der Waals surface area contributed by atoms with Gasteiger partial charge in [0.15, 0.2) is 5.65 Å². The zero-order valence-electron chi connectivity index (χ0n) is 14.6. The fraction of sp³-hybridized carbons (Fsp3) is 0.0526. The van der Waals surface area contributed by atoms with Crippen LogP contribution in [-0.2, 0) is 0 Å². The molecular weight excluding hydrogens is 363 g/mol. The molecule has 5 aromatic rings. The predicted molar refractivity (Wildman–Crippen MR) is 101 cm³/mol.